The third-order valence-electron chi connectivity index (χ3n) is 7.42. The first kappa shape index (κ1) is 25.9. The van der Waals surface area contributed by atoms with Crippen molar-refractivity contribution in [2.24, 2.45) is 0 Å². The topological polar surface area (TPSA) is 44.8 Å². The molecule has 2 heterocycles. The maximum atomic E-state index is 11.5. The summed E-state index contributed by atoms with van der Waals surface area (Å²) in [6.07, 6.45) is 15.4. The van der Waals surface area contributed by atoms with Gasteiger partial charge in [-0.25, -0.2) is 0 Å². The van der Waals surface area contributed by atoms with Gasteiger partial charge >= 0.3 is 5.97 Å². The minimum atomic E-state index is -1.86. The lowest BCUT2D eigenvalue weighted by Gasteiger charge is -2.41. The quantitative estimate of drug-likeness (QED) is 0.173. The molecule has 0 radical (unpaired) electrons. The van der Waals surface area contributed by atoms with Crippen molar-refractivity contribution in [2.75, 3.05) is 0 Å². The smallest absolute Gasteiger partial charge is 0.306 e. The maximum absolute atomic E-state index is 11.5. The Morgan fingerprint density at radius 1 is 0.967 bits per heavy atom. The Morgan fingerprint density at radius 2 is 1.60 bits per heavy atom. The van der Waals surface area contributed by atoms with Crippen molar-refractivity contribution < 1.29 is 18.7 Å². The van der Waals surface area contributed by atoms with Crippen molar-refractivity contribution in [3.63, 3.8) is 0 Å². The Morgan fingerprint density at radius 3 is 2.17 bits per heavy atom. The molecule has 2 rings (SSSR count). The predicted molar refractivity (Wildman–Crippen MR) is 126 cm³/mol. The van der Waals surface area contributed by atoms with Crippen LogP contribution in [0.1, 0.15) is 111 Å². The van der Waals surface area contributed by atoms with Gasteiger partial charge in [-0.2, -0.15) is 0 Å². The highest BCUT2D eigenvalue weighted by atomic mass is 28.4. The SMILES string of the molecule is CCCCCCCCCC[C@@H](O[Si](C)(C)C(C)(C)C)[C@H]1CC[C@H]([C@@H]2CCC(=O)O2)O1. The first-order chi connectivity index (χ1) is 14.1. The van der Waals surface area contributed by atoms with Gasteiger partial charge in [-0.05, 0) is 43.8 Å². The van der Waals surface area contributed by atoms with Crippen molar-refractivity contribution >= 4 is 14.3 Å². The van der Waals surface area contributed by atoms with Crippen LogP contribution in [0.15, 0.2) is 0 Å². The number of hydrogen-bond acceptors (Lipinski definition) is 4. The Kier molecular flexibility index (Phi) is 10.4. The number of ether oxygens (including phenoxy) is 2. The summed E-state index contributed by atoms with van der Waals surface area (Å²) in [6.45, 7) is 13.9. The molecule has 0 unspecified atom stereocenters. The molecule has 0 amide bonds. The largest absolute Gasteiger partial charge is 0.460 e. The molecule has 2 aliphatic rings. The minimum absolute atomic E-state index is 0.0425. The lowest BCUT2D eigenvalue weighted by Crippen LogP contribution is -2.47. The monoisotopic (exact) mass is 440 g/mol. The fraction of sp³-hybridized carbons (Fsp3) is 0.960. The molecular weight excluding hydrogens is 392 g/mol. The molecule has 4 nitrogen and oxygen atoms in total. The van der Waals surface area contributed by atoms with E-state index in [0.29, 0.717) is 6.42 Å². The van der Waals surface area contributed by atoms with Crippen molar-refractivity contribution in [2.45, 2.75) is 154 Å². The second-order valence-electron chi connectivity index (χ2n) is 11.0. The maximum Gasteiger partial charge on any atom is 0.306 e. The molecule has 4 atom stereocenters. The van der Waals surface area contributed by atoms with Crippen LogP contribution in [0.3, 0.4) is 0 Å². The first-order valence-corrected chi connectivity index (χ1v) is 15.6. The number of hydrogen-bond donors (Lipinski definition) is 0. The van der Waals surface area contributed by atoms with Gasteiger partial charge in [-0.15, -0.1) is 0 Å². The summed E-state index contributed by atoms with van der Waals surface area (Å²) in [4.78, 5) is 11.5. The molecule has 30 heavy (non-hydrogen) atoms. The lowest BCUT2D eigenvalue weighted by atomic mass is 10.0. The molecule has 0 aliphatic carbocycles. The van der Waals surface area contributed by atoms with E-state index in [2.05, 4.69) is 40.8 Å². The van der Waals surface area contributed by atoms with Crippen LogP contribution in [-0.4, -0.2) is 38.7 Å². The highest BCUT2D eigenvalue weighted by Gasteiger charge is 2.44. The van der Waals surface area contributed by atoms with Crippen molar-refractivity contribution in [3.8, 4) is 0 Å². The van der Waals surface area contributed by atoms with E-state index in [1.165, 1.54) is 51.4 Å². The highest BCUT2D eigenvalue weighted by molar-refractivity contribution is 6.74. The number of esters is 1. The van der Waals surface area contributed by atoms with Gasteiger partial charge in [0.15, 0.2) is 8.32 Å². The average Bonchev–Trinajstić information content (AvgIpc) is 3.31. The summed E-state index contributed by atoms with van der Waals surface area (Å²) in [6, 6.07) is 0. The molecular formula is C25H48O4Si. The summed E-state index contributed by atoms with van der Waals surface area (Å²) in [7, 11) is -1.86. The summed E-state index contributed by atoms with van der Waals surface area (Å²) in [5, 5.41) is 0.198. The van der Waals surface area contributed by atoms with Crippen LogP contribution < -0.4 is 0 Å². The van der Waals surface area contributed by atoms with Crippen LogP contribution in [0.25, 0.3) is 0 Å². The van der Waals surface area contributed by atoms with E-state index in [4.69, 9.17) is 13.9 Å². The summed E-state index contributed by atoms with van der Waals surface area (Å²) >= 11 is 0. The van der Waals surface area contributed by atoms with Crippen molar-refractivity contribution in [1.82, 2.24) is 0 Å². The molecule has 2 aliphatic heterocycles. The number of carbonyl (C=O) groups excluding carboxylic acids is 1. The average molecular weight is 441 g/mol. The molecule has 0 bridgehead atoms. The van der Waals surface area contributed by atoms with Crippen molar-refractivity contribution in [1.29, 1.82) is 0 Å². The molecule has 0 saturated carbocycles. The van der Waals surface area contributed by atoms with Crippen LogP contribution in [0.5, 0.6) is 0 Å². The zero-order valence-corrected chi connectivity index (χ0v) is 21.6. The fourth-order valence-electron chi connectivity index (χ4n) is 4.40. The summed E-state index contributed by atoms with van der Waals surface area (Å²) in [5.41, 5.74) is 0. The minimum Gasteiger partial charge on any atom is -0.460 e. The Balaban J connectivity index is 1.86. The molecule has 2 saturated heterocycles. The molecule has 0 N–H and O–H groups in total. The van der Waals surface area contributed by atoms with Gasteiger partial charge < -0.3 is 13.9 Å². The van der Waals surface area contributed by atoms with E-state index in [1.54, 1.807) is 0 Å². The van der Waals surface area contributed by atoms with E-state index >= 15 is 0 Å². The number of rotatable bonds is 13. The fourth-order valence-corrected chi connectivity index (χ4v) is 5.78. The standard InChI is InChI=1S/C25H48O4Si/c1-7-8-9-10-11-12-13-14-15-23(29-30(5,6)25(2,3)4)22-17-16-20(27-22)21-18-19-24(26)28-21/h20-23H,7-19H2,1-6H3/t20-,21+,22-,23-/m1/s1. The Hall–Kier alpha value is -0.393. The normalized spacial score (nSPS) is 26.2. The summed E-state index contributed by atoms with van der Waals surface area (Å²) < 4.78 is 18.8. The molecule has 5 heteroatoms. The van der Waals surface area contributed by atoms with Gasteiger partial charge in [0.25, 0.3) is 0 Å². The number of carbonyl (C=O) groups is 1. The zero-order chi connectivity index (χ0) is 22.2. The van der Waals surface area contributed by atoms with Gasteiger partial charge in [0.2, 0.25) is 0 Å². The molecule has 0 aromatic rings. The van der Waals surface area contributed by atoms with Gasteiger partial charge in [-0.1, -0.05) is 79.1 Å². The third kappa shape index (κ3) is 7.94. The highest BCUT2D eigenvalue weighted by Crippen LogP contribution is 2.40. The predicted octanol–water partition coefficient (Wildman–Crippen LogP) is 7.16. The summed E-state index contributed by atoms with van der Waals surface area (Å²) in [5.74, 6) is -0.0694. The van der Waals surface area contributed by atoms with Gasteiger partial charge in [-0.3, -0.25) is 4.79 Å². The van der Waals surface area contributed by atoms with Crippen LogP contribution in [0.4, 0.5) is 0 Å². The van der Waals surface area contributed by atoms with Crippen LogP contribution in [0, 0.1) is 0 Å². The molecule has 2 fully saturated rings. The van der Waals surface area contributed by atoms with E-state index in [1.807, 2.05) is 0 Å². The zero-order valence-electron chi connectivity index (χ0n) is 20.6. The molecule has 176 valence electrons. The molecule has 0 aromatic heterocycles. The third-order valence-corrected chi connectivity index (χ3v) is 11.9. The number of cyclic esters (lactones) is 1. The molecule has 0 aromatic carbocycles. The van der Waals surface area contributed by atoms with Crippen LogP contribution >= 0.6 is 0 Å². The lowest BCUT2D eigenvalue weighted by molar-refractivity contribution is -0.148. The Labute approximate surface area is 186 Å². The molecule has 0 spiro atoms. The van der Waals surface area contributed by atoms with E-state index in [-0.39, 0.29) is 35.4 Å². The van der Waals surface area contributed by atoms with E-state index in [9.17, 15) is 4.79 Å². The second kappa shape index (κ2) is 12.0. The number of unbranched alkanes of at least 4 members (excludes halogenated alkanes) is 7. The first-order valence-electron chi connectivity index (χ1n) is 12.7. The van der Waals surface area contributed by atoms with Crippen LogP contribution in [0.2, 0.25) is 18.1 Å². The van der Waals surface area contributed by atoms with E-state index in [0.717, 1.165) is 25.7 Å². The van der Waals surface area contributed by atoms with Gasteiger partial charge in [0.1, 0.15) is 6.10 Å². The Bertz CT molecular complexity index is 514. The van der Waals surface area contributed by atoms with Crippen molar-refractivity contribution in [3.05, 3.63) is 0 Å². The van der Waals surface area contributed by atoms with E-state index < -0.39 is 8.32 Å². The second-order valence-corrected chi connectivity index (χ2v) is 15.8. The van der Waals surface area contributed by atoms with Crippen LogP contribution in [-0.2, 0) is 18.7 Å². The van der Waals surface area contributed by atoms with Gasteiger partial charge in [0.05, 0.1) is 18.3 Å². The van der Waals surface area contributed by atoms with Gasteiger partial charge in [0, 0.05) is 6.42 Å².